The van der Waals surface area contributed by atoms with Gasteiger partial charge >= 0.3 is 0 Å². The summed E-state index contributed by atoms with van der Waals surface area (Å²) in [5.74, 6) is -0.0186. The first-order valence-corrected chi connectivity index (χ1v) is 4.40. The molecule has 0 aliphatic heterocycles. The van der Waals surface area contributed by atoms with Crippen LogP contribution in [0.2, 0.25) is 0 Å². The number of hydrogen-bond acceptors (Lipinski definition) is 3. The van der Waals surface area contributed by atoms with Crippen molar-refractivity contribution in [3.05, 3.63) is 41.9 Å². The Morgan fingerprint density at radius 2 is 2.14 bits per heavy atom. The SMILES string of the molecule is Cc1cncc(C(=O)/C=C/N(C)C)c1. The molecule has 0 saturated heterocycles. The summed E-state index contributed by atoms with van der Waals surface area (Å²) >= 11 is 0. The lowest BCUT2D eigenvalue weighted by Gasteiger charge is -2.02. The minimum absolute atomic E-state index is 0.0186. The number of aryl methyl sites for hydroxylation is 1. The van der Waals surface area contributed by atoms with E-state index in [1.807, 2.05) is 32.0 Å². The van der Waals surface area contributed by atoms with E-state index in [0.717, 1.165) is 5.56 Å². The largest absolute Gasteiger partial charge is 0.383 e. The minimum Gasteiger partial charge on any atom is -0.383 e. The summed E-state index contributed by atoms with van der Waals surface area (Å²) in [6.45, 7) is 1.92. The van der Waals surface area contributed by atoms with Gasteiger partial charge in [0.25, 0.3) is 0 Å². The lowest BCUT2D eigenvalue weighted by Crippen LogP contribution is -2.03. The van der Waals surface area contributed by atoms with Gasteiger partial charge in [-0.3, -0.25) is 9.78 Å². The molecule has 0 N–H and O–H groups in total. The second kappa shape index (κ2) is 4.56. The van der Waals surface area contributed by atoms with Crippen LogP contribution < -0.4 is 0 Å². The zero-order valence-corrected chi connectivity index (χ0v) is 8.69. The summed E-state index contributed by atoms with van der Waals surface area (Å²) in [6, 6.07) is 1.83. The van der Waals surface area contributed by atoms with Crippen molar-refractivity contribution in [2.45, 2.75) is 6.92 Å². The Kier molecular flexibility index (Phi) is 3.40. The van der Waals surface area contributed by atoms with Gasteiger partial charge in [-0.2, -0.15) is 0 Å². The molecular weight excluding hydrogens is 176 g/mol. The molecule has 0 spiro atoms. The third-order valence-electron chi connectivity index (χ3n) is 1.68. The molecule has 74 valence electrons. The van der Waals surface area contributed by atoms with E-state index in [0.29, 0.717) is 5.56 Å². The number of hydrogen-bond donors (Lipinski definition) is 0. The Morgan fingerprint density at radius 1 is 1.43 bits per heavy atom. The van der Waals surface area contributed by atoms with Gasteiger partial charge in [-0.15, -0.1) is 0 Å². The van der Waals surface area contributed by atoms with E-state index in [2.05, 4.69) is 4.98 Å². The maximum absolute atomic E-state index is 11.5. The molecule has 0 amide bonds. The van der Waals surface area contributed by atoms with E-state index in [1.165, 1.54) is 6.08 Å². The van der Waals surface area contributed by atoms with Gasteiger partial charge in [0.05, 0.1) is 0 Å². The van der Waals surface area contributed by atoms with Crippen LogP contribution >= 0.6 is 0 Å². The maximum Gasteiger partial charge on any atom is 0.188 e. The molecule has 0 bridgehead atoms. The van der Waals surface area contributed by atoms with Crippen molar-refractivity contribution in [2.75, 3.05) is 14.1 Å². The molecule has 0 aliphatic carbocycles. The molecule has 0 unspecified atom stereocenters. The summed E-state index contributed by atoms with van der Waals surface area (Å²) in [4.78, 5) is 17.3. The molecule has 0 aliphatic rings. The van der Waals surface area contributed by atoms with Gasteiger partial charge in [0.1, 0.15) is 0 Å². The highest BCUT2D eigenvalue weighted by atomic mass is 16.1. The molecular formula is C11H14N2O. The van der Waals surface area contributed by atoms with Crippen LogP contribution in [-0.2, 0) is 0 Å². The molecule has 1 aromatic heterocycles. The molecule has 1 heterocycles. The number of nitrogens with zero attached hydrogens (tertiary/aromatic N) is 2. The van der Waals surface area contributed by atoms with E-state index in [9.17, 15) is 4.79 Å². The summed E-state index contributed by atoms with van der Waals surface area (Å²) in [7, 11) is 3.75. The third-order valence-corrected chi connectivity index (χ3v) is 1.68. The fourth-order valence-corrected chi connectivity index (χ4v) is 1.00. The molecule has 0 radical (unpaired) electrons. The molecule has 14 heavy (non-hydrogen) atoms. The minimum atomic E-state index is -0.0186. The van der Waals surface area contributed by atoms with Crippen LogP contribution in [0.3, 0.4) is 0 Å². The number of pyridine rings is 1. The lowest BCUT2D eigenvalue weighted by atomic mass is 10.1. The number of ketones is 1. The third kappa shape index (κ3) is 3.01. The van der Waals surface area contributed by atoms with Crippen LogP contribution in [0.4, 0.5) is 0 Å². The van der Waals surface area contributed by atoms with Gasteiger partial charge in [0.15, 0.2) is 5.78 Å². The number of allylic oxidation sites excluding steroid dienone is 1. The van der Waals surface area contributed by atoms with Crippen LogP contribution in [0.5, 0.6) is 0 Å². The monoisotopic (exact) mass is 190 g/mol. The Bertz CT molecular complexity index is 356. The summed E-state index contributed by atoms with van der Waals surface area (Å²) in [6.07, 6.45) is 6.57. The Balaban J connectivity index is 2.80. The smallest absolute Gasteiger partial charge is 0.188 e. The second-order valence-electron chi connectivity index (χ2n) is 3.39. The molecule has 0 atom stereocenters. The predicted molar refractivity (Wildman–Crippen MR) is 56.1 cm³/mol. The first-order valence-electron chi connectivity index (χ1n) is 4.40. The summed E-state index contributed by atoms with van der Waals surface area (Å²) in [5.41, 5.74) is 1.62. The molecule has 0 fully saturated rings. The highest BCUT2D eigenvalue weighted by molar-refractivity contribution is 6.04. The Labute approximate surface area is 84.1 Å². The Morgan fingerprint density at radius 3 is 2.71 bits per heavy atom. The van der Waals surface area contributed by atoms with Crippen LogP contribution in [-0.4, -0.2) is 29.8 Å². The van der Waals surface area contributed by atoms with Crippen LogP contribution in [0, 0.1) is 6.92 Å². The van der Waals surface area contributed by atoms with Gasteiger partial charge in [-0.1, -0.05) is 0 Å². The van der Waals surface area contributed by atoms with E-state index >= 15 is 0 Å². The second-order valence-corrected chi connectivity index (χ2v) is 3.39. The number of carbonyl (C=O) groups is 1. The van der Waals surface area contributed by atoms with Gasteiger partial charge in [-0.25, -0.2) is 0 Å². The highest BCUT2D eigenvalue weighted by Crippen LogP contribution is 2.03. The number of aromatic nitrogens is 1. The topological polar surface area (TPSA) is 33.2 Å². The molecule has 0 saturated carbocycles. The zero-order chi connectivity index (χ0) is 10.6. The van der Waals surface area contributed by atoms with Crippen LogP contribution in [0.1, 0.15) is 15.9 Å². The quantitative estimate of drug-likeness (QED) is 0.536. The van der Waals surface area contributed by atoms with Crippen molar-refractivity contribution < 1.29 is 4.79 Å². The molecule has 1 rings (SSSR count). The summed E-state index contributed by atoms with van der Waals surface area (Å²) in [5, 5.41) is 0. The van der Waals surface area contributed by atoms with Crippen molar-refractivity contribution in [1.29, 1.82) is 0 Å². The molecule has 1 aromatic rings. The Hall–Kier alpha value is -1.64. The van der Waals surface area contributed by atoms with Crippen molar-refractivity contribution in [1.82, 2.24) is 9.88 Å². The average molecular weight is 190 g/mol. The number of rotatable bonds is 3. The molecule has 0 aromatic carbocycles. The van der Waals surface area contributed by atoms with Gasteiger partial charge < -0.3 is 4.90 Å². The zero-order valence-electron chi connectivity index (χ0n) is 8.69. The number of carbonyl (C=O) groups excluding carboxylic acids is 1. The van der Waals surface area contributed by atoms with Crippen molar-refractivity contribution in [3.63, 3.8) is 0 Å². The van der Waals surface area contributed by atoms with Crippen molar-refractivity contribution in [2.24, 2.45) is 0 Å². The fraction of sp³-hybridized carbons (Fsp3) is 0.273. The molecule has 3 nitrogen and oxygen atoms in total. The lowest BCUT2D eigenvalue weighted by molar-refractivity contribution is 0.104. The van der Waals surface area contributed by atoms with Crippen LogP contribution in [0.15, 0.2) is 30.7 Å². The fourth-order valence-electron chi connectivity index (χ4n) is 1.00. The van der Waals surface area contributed by atoms with Crippen molar-refractivity contribution >= 4 is 5.78 Å². The standard InChI is InChI=1S/C11H14N2O/c1-9-6-10(8-12-7-9)11(14)4-5-13(2)3/h4-8H,1-3H3/b5-4+. The predicted octanol–water partition coefficient (Wildman–Crippen LogP) is 1.65. The van der Waals surface area contributed by atoms with Crippen molar-refractivity contribution in [3.8, 4) is 0 Å². The van der Waals surface area contributed by atoms with Gasteiger partial charge in [0, 0.05) is 44.3 Å². The van der Waals surface area contributed by atoms with E-state index in [4.69, 9.17) is 0 Å². The van der Waals surface area contributed by atoms with Crippen LogP contribution in [0.25, 0.3) is 0 Å². The average Bonchev–Trinajstić information content (AvgIpc) is 2.14. The highest BCUT2D eigenvalue weighted by Gasteiger charge is 2.01. The van der Waals surface area contributed by atoms with Gasteiger partial charge in [0.2, 0.25) is 0 Å². The van der Waals surface area contributed by atoms with Gasteiger partial charge in [-0.05, 0) is 18.6 Å². The van der Waals surface area contributed by atoms with E-state index in [-0.39, 0.29) is 5.78 Å². The van der Waals surface area contributed by atoms with E-state index in [1.54, 1.807) is 18.6 Å². The normalized spacial score (nSPS) is 10.5. The van der Waals surface area contributed by atoms with E-state index < -0.39 is 0 Å². The first kappa shape index (κ1) is 10.4. The maximum atomic E-state index is 11.5. The summed E-state index contributed by atoms with van der Waals surface area (Å²) < 4.78 is 0. The first-order chi connectivity index (χ1) is 6.59. The molecule has 3 heteroatoms.